The second-order valence-corrected chi connectivity index (χ2v) is 8.34. The van der Waals surface area contributed by atoms with Gasteiger partial charge in [-0.15, -0.1) is 0 Å². The normalized spacial score (nSPS) is 10.8. The molecule has 0 aliphatic carbocycles. The maximum absolute atomic E-state index is 13.0. The molecule has 1 amide bonds. The molecule has 1 aromatic heterocycles. The van der Waals surface area contributed by atoms with Gasteiger partial charge in [-0.2, -0.15) is 5.10 Å². The van der Waals surface area contributed by atoms with Crippen molar-refractivity contribution in [3.8, 4) is 5.75 Å². The van der Waals surface area contributed by atoms with Gasteiger partial charge in [0, 0.05) is 27.4 Å². The van der Waals surface area contributed by atoms with E-state index in [2.05, 4.69) is 10.4 Å². The summed E-state index contributed by atoms with van der Waals surface area (Å²) in [6, 6.07) is 17.9. The van der Waals surface area contributed by atoms with Crippen LogP contribution in [0.3, 0.4) is 0 Å². The molecule has 9 heteroatoms. The largest absolute Gasteiger partial charge is 0.489 e. The first-order valence-electron chi connectivity index (χ1n) is 9.83. The fourth-order valence-corrected chi connectivity index (χ4v) is 3.75. The van der Waals surface area contributed by atoms with E-state index in [0.29, 0.717) is 33.5 Å². The predicted octanol–water partition coefficient (Wildman–Crippen LogP) is 6.86. The molecule has 0 saturated heterocycles. The highest BCUT2D eigenvalue weighted by molar-refractivity contribution is 6.36. The Bertz CT molecular complexity index is 1260. The van der Waals surface area contributed by atoms with Gasteiger partial charge in [0.05, 0.1) is 6.54 Å². The number of amides is 1. The lowest BCUT2D eigenvalue weighted by molar-refractivity contribution is 0.102. The van der Waals surface area contributed by atoms with Crippen LogP contribution in [-0.4, -0.2) is 15.7 Å². The van der Waals surface area contributed by atoms with Crippen molar-refractivity contribution in [2.45, 2.75) is 13.2 Å². The van der Waals surface area contributed by atoms with Crippen LogP contribution in [0.15, 0.2) is 72.9 Å². The van der Waals surface area contributed by atoms with Crippen molar-refractivity contribution in [3.05, 3.63) is 111 Å². The molecule has 4 rings (SSSR count). The summed E-state index contributed by atoms with van der Waals surface area (Å²) in [7, 11) is 0. The molecule has 0 bridgehead atoms. The second-order valence-electron chi connectivity index (χ2n) is 7.12. The minimum absolute atomic E-state index is 0.230. The lowest BCUT2D eigenvalue weighted by atomic mass is 10.1. The number of halogens is 4. The van der Waals surface area contributed by atoms with Gasteiger partial charge in [0.15, 0.2) is 5.82 Å². The summed E-state index contributed by atoms with van der Waals surface area (Å²) < 4.78 is 20.1. The number of carbonyl (C=O) groups is 1. The Morgan fingerprint density at radius 3 is 2.27 bits per heavy atom. The third-order valence-electron chi connectivity index (χ3n) is 4.77. The number of benzene rings is 3. The zero-order valence-electron chi connectivity index (χ0n) is 17.1. The van der Waals surface area contributed by atoms with E-state index in [0.717, 1.165) is 5.56 Å². The Morgan fingerprint density at radius 1 is 0.939 bits per heavy atom. The van der Waals surface area contributed by atoms with Crippen molar-refractivity contribution in [2.75, 3.05) is 5.32 Å². The summed E-state index contributed by atoms with van der Waals surface area (Å²) in [5.41, 5.74) is 1.99. The molecule has 3 aromatic carbocycles. The van der Waals surface area contributed by atoms with Crippen LogP contribution in [0, 0.1) is 5.82 Å². The summed E-state index contributed by atoms with van der Waals surface area (Å²) >= 11 is 18.7. The highest BCUT2D eigenvalue weighted by Gasteiger charge is 2.14. The minimum Gasteiger partial charge on any atom is -0.489 e. The first kappa shape index (κ1) is 23.1. The van der Waals surface area contributed by atoms with E-state index in [1.807, 2.05) is 0 Å². The number of hydrogen-bond acceptors (Lipinski definition) is 3. The number of carbonyl (C=O) groups excluding carboxylic acids is 1. The number of anilines is 1. The Labute approximate surface area is 204 Å². The van der Waals surface area contributed by atoms with Gasteiger partial charge in [-0.05, 0) is 54.1 Å². The van der Waals surface area contributed by atoms with E-state index in [9.17, 15) is 9.18 Å². The Morgan fingerprint density at radius 2 is 1.61 bits per heavy atom. The molecule has 0 unspecified atom stereocenters. The highest BCUT2D eigenvalue weighted by atomic mass is 35.5. The molecular weight excluding hydrogens is 488 g/mol. The van der Waals surface area contributed by atoms with Gasteiger partial charge in [-0.1, -0.05) is 53.0 Å². The van der Waals surface area contributed by atoms with Crippen LogP contribution in [-0.2, 0) is 13.2 Å². The molecule has 0 saturated carbocycles. The lowest BCUT2D eigenvalue weighted by Crippen LogP contribution is -2.13. The Hall–Kier alpha value is -3.06. The Balaban J connectivity index is 1.38. The fraction of sp³-hybridized carbons (Fsp3) is 0.0833. The number of hydrogen-bond donors (Lipinski definition) is 1. The summed E-state index contributed by atoms with van der Waals surface area (Å²) in [6.07, 6.45) is 1.59. The van der Waals surface area contributed by atoms with Crippen molar-refractivity contribution in [3.63, 3.8) is 0 Å². The summed E-state index contributed by atoms with van der Waals surface area (Å²) in [5, 5.41) is 8.36. The van der Waals surface area contributed by atoms with Crippen molar-refractivity contribution in [1.82, 2.24) is 9.78 Å². The molecule has 168 valence electrons. The molecule has 0 aliphatic heterocycles. The van der Waals surface area contributed by atoms with Crippen LogP contribution in [0.25, 0.3) is 0 Å². The van der Waals surface area contributed by atoms with Crippen molar-refractivity contribution < 1.29 is 13.9 Å². The summed E-state index contributed by atoms with van der Waals surface area (Å²) in [6.45, 7) is 0.589. The topological polar surface area (TPSA) is 56.2 Å². The zero-order valence-corrected chi connectivity index (χ0v) is 19.3. The summed E-state index contributed by atoms with van der Waals surface area (Å²) in [5.74, 6) is 0.106. The van der Waals surface area contributed by atoms with Crippen LogP contribution < -0.4 is 10.1 Å². The van der Waals surface area contributed by atoms with Crippen molar-refractivity contribution >= 4 is 46.5 Å². The third-order valence-corrected chi connectivity index (χ3v) is 5.75. The van der Waals surface area contributed by atoms with E-state index < -0.39 is 0 Å². The Kier molecular flexibility index (Phi) is 7.18. The molecule has 33 heavy (non-hydrogen) atoms. The van der Waals surface area contributed by atoms with E-state index in [-0.39, 0.29) is 29.2 Å². The molecule has 0 spiro atoms. The van der Waals surface area contributed by atoms with Crippen LogP contribution in [0.1, 0.15) is 21.5 Å². The van der Waals surface area contributed by atoms with Crippen molar-refractivity contribution in [1.29, 1.82) is 0 Å². The average Bonchev–Trinajstić information content (AvgIpc) is 3.15. The maximum Gasteiger partial charge on any atom is 0.256 e. The summed E-state index contributed by atoms with van der Waals surface area (Å²) in [4.78, 5) is 12.6. The monoisotopic (exact) mass is 503 g/mol. The van der Waals surface area contributed by atoms with Gasteiger partial charge in [0.1, 0.15) is 23.2 Å². The van der Waals surface area contributed by atoms with Gasteiger partial charge in [0.25, 0.3) is 5.91 Å². The number of nitrogens with zero attached hydrogens (tertiary/aromatic N) is 2. The predicted molar refractivity (Wildman–Crippen MR) is 128 cm³/mol. The molecule has 4 aromatic rings. The minimum atomic E-state index is -0.357. The fourth-order valence-electron chi connectivity index (χ4n) is 3.04. The highest BCUT2D eigenvalue weighted by Crippen LogP contribution is 2.27. The number of ether oxygens (including phenoxy) is 1. The van der Waals surface area contributed by atoms with Crippen LogP contribution in [0.2, 0.25) is 15.1 Å². The standard InChI is InChI=1S/C24H17Cl3FN3O2/c25-20-2-1-3-21(26)19(20)12-31-13-22(27)23(30-31)29-24(32)16-6-4-15(5-7-16)14-33-18-10-8-17(28)9-11-18/h1-11,13H,12,14H2,(H,29,30,32). The van der Waals surface area contributed by atoms with Gasteiger partial charge in [0.2, 0.25) is 0 Å². The number of rotatable bonds is 7. The molecule has 0 aliphatic rings. The molecule has 1 heterocycles. The zero-order chi connectivity index (χ0) is 23.4. The maximum atomic E-state index is 13.0. The molecule has 0 atom stereocenters. The van der Waals surface area contributed by atoms with Gasteiger partial charge in [-0.3, -0.25) is 9.48 Å². The lowest BCUT2D eigenvalue weighted by Gasteiger charge is -2.08. The first-order chi connectivity index (χ1) is 15.9. The SMILES string of the molecule is O=C(Nc1nn(Cc2c(Cl)cccc2Cl)cc1Cl)c1ccc(COc2ccc(F)cc2)cc1. The van der Waals surface area contributed by atoms with Gasteiger partial charge >= 0.3 is 0 Å². The molecule has 0 fully saturated rings. The van der Waals surface area contributed by atoms with Gasteiger partial charge in [-0.25, -0.2) is 4.39 Å². The van der Waals surface area contributed by atoms with E-state index in [1.165, 1.54) is 12.1 Å². The smallest absolute Gasteiger partial charge is 0.256 e. The molecular formula is C24H17Cl3FN3O2. The van der Waals surface area contributed by atoms with Crippen LogP contribution >= 0.6 is 34.8 Å². The van der Waals surface area contributed by atoms with Crippen molar-refractivity contribution in [2.24, 2.45) is 0 Å². The molecule has 1 N–H and O–H groups in total. The average molecular weight is 505 g/mol. The quantitative estimate of drug-likeness (QED) is 0.299. The van der Waals surface area contributed by atoms with E-state index in [1.54, 1.807) is 65.5 Å². The number of aromatic nitrogens is 2. The number of nitrogens with one attached hydrogen (secondary N) is 1. The molecule has 0 radical (unpaired) electrons. The van der Waals surface area contributed by atoms with E-state index >= 15 is 0 Å². The molecule has 5 nitrogen and oxygen atoms in total. The van der Waals surface area contributed by atoms with Gasteiger partial charge < -0.3 is 10.1 Å². The third kappa shape index (κ3) is 5.85. The van der Waals surface area contributed by atoms with Crippen LogP contribution in [0.5, 0.6) is 5.75 Å². The first-order valence-corrected chi connectivity index (χ1v) is 11.0. The van der Waals surface area contributed by atoms with E-state index in [4.69, 9.17) is 39.5 Å². The second kappa shape index (κ2) is 10.3. The van der Waals surface area contributed by atoms with Crippen LogP contribution in [0.4, 0.5) is 10.2 Å².